The number of carbonyl (C=O) groups excluding carboxylic acids is 1. The summed E-state index contributed by atoms with van der Waals surface area (Å²) in [4.78, 5) is 25.5. The zero-order chi connectivity index (χ0) is 15.6. The minimum absolute atomic E-state index is 0.133. The third kappa shape index (κ3) is 3.20. The lowest BCUT2D eigenvalue weighted by molar-refractivity contribution is -0.131. The molecular weight excluding hydrogens is 317 g/mol. The fourth-order valence-electron chi connectivity index (χ4n) is 1.96. The van der Waals surface area contributed by atoms with Crippen LogP contribution in [0.2, 0.25) is 10.0 Å². The highest BCUT2D eigenvalue weighted by atomic mass is 35.5. The molecule has 0 atom stereocenters. The molecule has 5 nitrogen and oxygen atoms in total. The summed E-state index contributed by atoms with van der Waals surface area (Å²) in [6.45, 7) is 1.88. The van der Waals surface area contributed by atoms with Crippen LogP contribution in [0.1, 0.15) is 23.0 Å². The number of benzene rings is 1. The SMILES string of the molecule is CCOC(=O)c1[nH]c2cc(Cl)cc(Cl)c2c1/C=C/C(=O)O. The van der Waals surface area contributed by atoms with Crippen LogP contribution in [0.4, 0.5) is 0 Å². The van der Waals surface area contributed by atoms with Gasteiger partial charge in [0.25, 0.3) is 0 Å². The second-order valence-corrected chi connectivity index (χ2v) is 4.96. The molecule has 0 unspecified atom stereocenters. The first-order valence-electron chi connectivity index (χ1n) is 6.03. The van der Waals surface area contributed by atoms with Crippen LogP contribution in [-0.2, 0) is 9.53 Å². The predicted molar refractivity (Wildman–Crippen MR) is 80.9 cm³/mol. The number of hydrogen-bond donors (Lipinski definition) is 2. The van der Waals surface area contributed by atoms with Crippen LogP contribution in [0.25, 0.3) is 17.0 Å². The topological polar surface area (TPSA) is 79.4 Å². The minimum Gasteiger partial charge on any atom is -0.478 e. The van der Waals surface area contributed by atoms with Gasteiger partial charge in [0.2, 0.25) is 0 Å². The van der Waals surface area contributed by atoms with Crippen molar-refractivity contribution in [1.82, 2.24) is 4.98 Å². The first-order chi connectivity index (χ1) is 9.93. The molecule has 2 rings (SSSR count). The third-order valence-corrected chi connectivity index (χ3v) is 3.24. The van der Waals surface area contributed by atoms with Gasteiger partial charge in [-0.2, -0.15) is 0 Å². The highest BCUT2D eigenvalue weighted by Gasteiger charge is 2.19. The van der Waals surface area contributed by atoms with Crippen LogP contribution >= 0.6 is 23.2 Å². The van der Waals surface area contributed by atoms with Gasteiger partial charge in [0.15, 0.2) is 0 Å². The Balaban J connectivity index is 2.71. The van der Waals surface area contributed by atoms with Crippen molar-refractivity contribution in [3.63, 3.8) is 0 Å². The van der Waals surface area contributed by atoms with Crippen molar-refractivity contribution < 1.29 is 19.4 Å². The monoisotopic (exact) mass is 327 g/mol. The fourth-order valence-corrected chi connectivity index (χ4v) is 2.55. The molecule has 0 spiro atoms. The van der Waals surface area contributed by atoms with E-state index in [1.165, 1.54) is 12.1 Å². The van der Waals surface area contributed by atoms with Gasteiger partial charge in [0, 0.05) is 27.6 Å². The zero-order valence-corrected chi connectivity index (χ0v) is 12.5. The molecule has 0 saturated carbocycles. The average molecular weight is 328 g/mol. The number of carbonyl (C=O) groups is 2. The molecule has 1 aromatic heterocycles. The third-order valence-electron chi connectivity index (χ3n) is 2.73. The molecule has 7 heteroatoms. The molecule has 21 heavy (non-hydrogen) atoms. The lowest BCUT2D eigenvalue weighted by Crippen LogP contribution is -2.06. The Bertz CT molecular complexity index is 749. The smallest absolute Gasteiger partial charge is 0.355 e. The quantitative estimate of drug-likeness (QED) is 0.662. The van der Waals surface area contributed by atoms with Gasteiger partial charge in [-0.3, -0.25) is 0 Å². The molecule has 0 amide bonds. The van der Waals surface area contributed by atoms with Crippen molar-refractivity contribution in [2.24, 2.45) is 0 Å². The number of H-pyrrole nitrogens is 1. The van der Waals surface area contributed by atoms with Crippen LogP contribution in [0.5, 0.6) is 0 Å². The van der Waals surface area contributed by atoms with E-state index >= 15 is 0 Å². The summed E-state index contributed by atoms with van der Waals surface area (Å²) >= 11 is 12.1. The molecule has 0 radical (unpaired) electrons. The molecule has 1 aromatic carbocycles. The molecular formula is C14H11Cl2NO4. The molecule has 110 valence electrons. The first-order valence-corrected chi connectivity index (χ1v) is 6.78. The summed E-state index contributed by atoms with van der Waals surface area (Å²) in [6, 6.07) is 3.12. The summed E-state index contributed by atoms with van der Waals surface area (Å²) < 4.78 is 4.95. The molecule has 0 fully saturated rings. The Morgan fingerprint density at radius 2 is 2.10 bits per heavy atom. The highest BCUT2D eigenvalue weighted by molar-refractivity contribution is 6.39. The minimum atomic E-state index is -1.13. The van der Waals surface area contributed by atoms with Crippen molar-refractivity contribution in [2.45, 2.75) is 6.92 Å². The molecule has 2 N–H and O–H groups in total. The predicted octanol–water partition coefficient (Wildman–Crippen LogP) is 3.75. The van der Waals surface area contributed by atoms with Crippen LogP contribution in [0.3, 0.4) is 0 Å². The maximum Gasteiger partial charge on any atom is 0.355 e. The maximum absolute atomic E-state index is 12.0. The van der Waals surface area contributed by atoms with E-state index in [1.807, 2.05) is 0 Å². The average Bonchev–Trinajstić information content (AvgIpc) is 2.75. The maximum atomic E-state index is 12.0. The standard InChI is InChI=1S/C14H11Cl2NO4/c1-2-21-14(20)13-8(3-4-11(18)19)12-9(16)5-7(15)6-10(12)17-13/h3-6,17H,2H2,1H3,(H,18,19)/b4-3+. The Labute approximate surface area is 130 Å². The van der Waals surface area contributed by atoms with Crippen LogP contribution in [0, 0.1) is 0 Å². The molecule has 0 aliphatic rings. The molecule has 2 aromatic rings. The second-order valence-electron chi connectivity index (χ2n) is 4.12. The van der Waals surface area contributed by atoms with Crippen molar-refractivity contribution >= 4 is 52.1 Å². The number of fused-ring (bicyclic) bond motifs is 1. The molecule has 0 aliphatic heterocycles. The summed E-state index contributed by atoms with van der Waals surface area (Å²) in [5, 5.41) is 9.99. The van der Waals surface area contributed by atoms with Crippen molar-refractivity contribution in [2.75, 3.05) is 6.61 Å². The lowest BCUT2D eigenvalue weighted by atomic mass is 10.1. The first kappa shape index (κ1) is 15.4. The van der Waals surface area contributed by atoms with E-state index in [2.05, 4.69) is 4.98 Å². The molecule has 1 heterocycles. The Morgan fingerprint density at radius 1 is 1.38 bits per heavy atom. The molecule has 0 bridgehead atoms. The number of halogens is 2. The number of aromatic nitrogens is 1. The van der Waals surface area contributed by atoms with Gasteiger partial charge in [-0.05, 0) is 25.1 Å². The number of carboxylic acids is 1. The van der Waals surface area contributed by atoms with E-state index in [0.29, 0.717) is 26.5 Å². The molecule has 0 saturated heterocycles. The van der Waals surface area contributed by atoms with E-state index in [1.54, 1.807) is 13.0 Å². The number of aromatic amines is 1. The summed E-state index contributed by atoms with van der Waals surface area (Å²) in [6.07, 6.45) is 2.23. The number of esters is 1. The van der Waals surface area contributed by atoms with Crippen LogP contribution < -0.4 is 0 Å². The van der Waals surface area contributed by atoms with Gasteiger partial charge in [0.05, 0.1) is 11.6 Å². The second kappa shape index (κ2) is 6.20. The van der Waals surface area contributed by atoms with E-state index in [9.17, 15) is 9.59 Å². The highest BCUT2D eigenvalue weighted by Crippen LogP contribution is 2.33. The van der Waals surface area contributed by atoms with Gasteiger partial charge in [-0.15, -0.1) is 0 Å². The van der Waals surface area contributed by atoms with Crippen molar-refractivity contribution in [3.05, 3.63) is 39.5 Å². The number of ether oxygens (including phenoxy) is 1. The number of carboxylic acid groups (broad SMARTS) is 1. The zero-order valence-electron chi connectivity index (χ0n) is 10.9. The largest absolute Gasteiger partial charge is 0.478 e. The van der Waals surface area contributed by atoms with E-state index in [4.69, 9.17) is 33.0 Å². The summed E-state index contributed by atoms with van der Waals surface area (Å²) in [7, 11) is 0. The van der Waals surface area contributed by atoms with Gasteiger partial charge in [-0.25, -0.2) is 9.59 Å². The summed E-state index contributed by atoms with van der Waals surface area (Å²) in [5.74, 6) is -1.73. The van der Waals surface area contributed by atoms with Crippen LogP contribution in [-0.4, -0.2) is 28.6 Å². The summed E-state index contributed by atoms with van der Waals surface area (Å²) in [5.41, 5.74) is 1.02. The van der Waals surface area contributed by atoms with Crippen molar-refractivity contribution in [3.8, 4) is 0 Å². The molecule has 0 aliphatic carbocycles. The number of rotatable bonds is 4. The number of aliphatic carboxylic acids is 1. The normalized spacial score (nSPS) is 11.2. The van der Waals surface area contributed by atoms with E-state index < -0.39 is 11.9 Å². The Kier molecular flexibility index (Phi) is 4.55. The van der Waals surface area contributed by atoms with E-state index in [-0.39, 0.29) is 12.3 Å². The van der Waals surface area contributed by atoms with Gasteiger partial charge in [-0.1, -0.05) is 23.2 Å². The fraction of sp³-hybridized carbons (Fsp3) is 0.143. The lowest BCUT2D eigenvalue weighted by Gasteiger charge is -2.01. The number of nitrogens with one attached hydrogen (secondary N) is 1. The van der Waals surface area contributed by atoms with E-state index in [0.717, 1.165) is 6.08 Å². The number of hydrogen-bond acceptors (Lipinski definition) is 3. The van der Waals surface area contributed by atoms with Gasteiger partial charge < -0.3 is 14.8 Å². The van der Waals surface area contributed by atoms with Crippen LogP contribution in [0.15, 0.2) is 18.2 Å². The Morgan fingerprint density at radius 3 is 2.71 bits per heavy atom. The van der Waals surface area contributed by atoms with Gasteiger partial charge in [0.1, 0.15) is 5.69 Å². The van der Waals surface area contributed by atoms with Gasteiger partial charge >= 0.3 is 11.9 Å². The van der Waals surface area contributed by atoms with Crippen molar-refractivity contribution in [1.29, 1.82) is 0 Å². The Hall–Kier alpha value is -1.98.